The second-order valence-corrected chi connectivity index (χ2v) is 6.93. The van der Waals surface area contributed by atoms with E-state index in [0.717, 1.165) is 26.6 Å². The average molecular weight is 385 g/mol. The van der Waals surface area contributed by atoms with Crippen molar-refractivity contribution in [3.63, 3.8) is 0 Å². The van der Waals surface area contributed by atoms with Crippen LogP contribution in [0.2, 0.25) is 0 Å². The van der Waals surface area contributed by atoms with Gasteiger partial charge in [-0.1, -0.05) is 24.3 Å². The van der Waals surface area contributed by atoms with E-state index in [-0.39, 0.29) is 5.56 Å². The van der Waals surface area contributed by atoms with E-state index in [1.807, 2.05) is 29.7 Å². The molecule has 124 valence electrons. The molecule has 0 spiro atoms. The monoisotopic (exact) mass is 384 g/mol. The van der Waals surface area contributed by atoms with Gasteiger partial charge in [-0.05, 0) is 59.1 Å². The van der Waals surface area contributed by atoms with Gasteiger partial charge in [-0.3, -0.25) is 4.79 Å². The van der Waals surface area contributed by atoms with Crippen LogP contribution >= 0.6 is 15.9 Å². The molecular formula is C20H21BrN2O. The van der Waals surface area contributed by atoms with Crippen LogP contribution in [0.3, 0.4) is 0 Å². The Labute approximate surface area is 150 Å². The third-order valence-electron chi connectivity index (χ3n) is 4.34. The number of rotatable bonds is 4. The fourth-order valence-corrected chi connectivity index (χ4v) is 3.92. The summed E-state index contributed by atoms with van der Waals surface area (Å²) in [6.45, 7) is 5.44. The van der Waals surface area contributed by atoms with Crippen LogP contribution in [-0.4, -0.2) is 11.6 Å². The third kappa shape index (κ3) is 3.11. The van der Waals surface area contributed by atoms with Crippen LogP contribution in [0.5, 0.6) is 0 Å². The number of aromatic nitrogens is 1. The second kappa shape index (κ2) is 6.81. The summed E-state index contributed by atoms with van der Waals surface area (Å²) in [6.07, 6.45) is 0. The van der Waals surface area contributed by atoms with Crippen LogP contribution in [0.1, 0.15) is 18.1 Å². The molecular weight excluding hydrogens is 364 g/mol. The number of hydrogen-bond donors (Lipinski definition) is 0. The smallest absolute Gasteiger partial charge is 0.251 e. The number of hydrogen-bond acceptors (Lipinski definition) is 2. The van der Waals surface area contributed by atoms with Gasteiger partial charge in [-0.15, -0.1) is 0 Å². The maximum Gasteiger partial charge on any atom is 0.251 e. The predicted octanol–water partition coefficient (Wildman–Crippen LogP) is 4.73. The minimum atomic E-state index is 0.0579. The number of nitrogens with zero attached hydrogens (tertiary/aromatic N) is 2. The Balaban J connectivity index is 2.05. The first-order chi connectivity index (χ1) is 11.5. The first-order valence-corrected chi connectivity index (χ1v) is 8.89. The number of fused-ring (bicyclic) bond motifs is 1. The van der Waals surface area contributed by atoms with Gasteiger partial charge in [-0.2, -0.15) is 0 Å². The van der Waals surface area contributed by atoms with Gasteiger partial charge in [0.05, 0.1) is 11.2 Å². The second-order valence-electron chi connectivity index (χ2n) is 6.08. The van der Waals surface area contributed by atoms with Gasteiger partial charge >= 0.3 is 0 Å². The molecule has 0 saturated heterocycles. The van der Waals surface area contributed by atoms with Crippen molar-refractivity contribution in [2.45, 2.75) is 26.9 Å². The largest absolute Gasteiger partial charge is 0.369 e. The van der Waals surface area contributed by atoms with Gasteiger partial charge in [0.15, 0.2) is 0 Å². The third-order valence-corrected chi connectivity index (χ3v) is 4.98. The molecule has 0 amide bonds. The number of halogens is 1. The van der Waals surface area contributed by atoms with Crippen LogP contribution in [0.25, 0.3) is 10.9 Å². The Kier molecular flexibility index (Phi) is 4.76. The Bertz CT molecular complexity index is 946. The zero-order valence-corrected chi connectivity index (χ0v) is 15.8. The number of benzene rings is 2. The van der Waals surface area contributed by atoms with Gasteiger partial charge in [0.25, 0.3) is 5.56 Å². The van der Waals surface area contributed by atoms with E-state index in [1.165, 1.54) is 5.56 Å². The first kappa shape index (κ1) is 16.8. The minimum Gasteiger partial charge on any atom is -0.369 e. The van der Waals surface area contributed by atoms with E-state index in [2.05, 4.69) is 59.1 Å². The van der Waals surface area contributed by atoms with E-state index in [9.17, 15) is 4.79 Å². The SMILES string of the molecule is CCn1c(=O)cc(CN(C)c2ccc(C)cc2Br)c2ccccc21. The molecule has 1 heterocycles. The van der Waals surface area contributed by atoms with Crippen molar-refractivity contribution in [1.82, 2.24) is 4.57 Å². The summed E-state index contributed by atoms with van der Waals surface area (Å²) >= 11 is 3.64. The van der Waals surface area contributed by atoms with Crippen LogP contribution in [0.15, 0.2) is 57.8 Å². The molecule has 0 aliphatic rings. The molecule has 3 nitrogen and oxygen atoms in total. The predicted molar refractivity (Wildman–Crippen MR) is 105 cm³/mol. The molecule has 1 aromatic heterocycles. The lowest BCUT2D eigenvalue weighted by molar-refractivity contribution is 0.755. The van der Waals surface area contributed by atoms with Crippen molar-refractivity contribution in [2.24, 2.45) is 0 Å². The summed E-state index contributed by atoms with van der Waals surface area (Å²) in [5.74, 6) is 0. The van der Waals surface area contributed by atoms with E-state index >= 15 is 0 Å². The van der Waals surface area contributed by atoms with E-state index in [4.69, 9.17) is 0 Å². The highest BCUT2D eigenvalue weighted by molar-refractivity contribution is 9.10. The molecule has 0 unspecified atom stereocenters. The van der Waals surface area contributed by atoms with Crippen LogP contribution in [-0.2, 0) is 13.1 Å². The molecule has 24 heavy (non-hydrogen) atoms. The molecule has 2 aromatic carbocycles. The standard InChI is InChI=1S/C20H21BrN2O/c1-4-23-18-8-6-5-7-16(18)15(12-20(23)24)13-22(3)19-10-9-14(2)11-17(19)21/h5-12H,4,13H2,1-3H3. The van der Waals surface area contributed by atoms with Gasteiger partial charge in [0.1, 0.15) is 0 Å². The Hall–Kier alpha value is -2.07. The lowest BCUT2D eigenvalue weighted by Gasteiger charge is -2.22. The normalized spacial score (nSPS) is 11.0. The van der Waals surface area contributed by atoms with Crippen molar-refractivity contribution in [1.29, 1.82) is 0 Å². The summed E-state index contributed by atoms with van der Waals surface area (Å²) in [7, 11) is 2.05. The number of aryl methyl sites for hydroxylation is 2. The molecule has 0 aliphatic heterocycles. The van der Waals surface area contributed by atoms with Crippen molar-refractivity contribution in [3.8, 4) is 0 Å². The number of anilines is 1. The van der Waals surface area contributed by atoms with Crippen LogP contribution in [0, 0.1) is 6.92 Å². The first-order valence-electron chi connectivity index (χ1n) is 8.10. The van der Waals surface area contributed by atoms with Crippen molar-refractivity contribution in [2.75, 3.05) is 11.9 Å². The molecule has 0 bridgehead atoms. The van der Waals surface area contributed by atoms with Crippen molar-refractivity contribution >= 4 is 32.5 Å². The van der Waals surface area contributed by atoms with E-state index in [0.29, 0.717) is 13.1 Å². The molecule has 0 atom stereocenters. The van der Waals surface area contributed by atoms with Crippen LogP contribution in [0.4, 0.5) is 5.69 Å². The number of pyridine rings is 1. The molecule has 0 saturated carbocycles. The summed E-state index contributed by atoms with van der Waals surface area (Å²) in [5.41, 5.74) is 4.44. The average Bonchev–Trinajstić information content (AvgIpc) is 2.55. The highest BCUT2D eigenvalue weighted by Crippen LogP contribution is 2.28. The molecule has 0 radical (unpaired) electrons. The fourth-order valence-electron chi connectivity index (χ4n) is 3.12. The van der Waals surface area contributed by atoms with Gasteiger partial charge in [0.2, 0.25) is 0 Å². The molecule has 0 fully saturated rings. The Morgan fingerprint density at radius 3 is 2.58 bits per heavy atom. The molecule has 0 N–H and O–H groups in total. The van der Waals surface area contributed by atoms with Gasteiger partial charge < -0.3 is 9.47 Å². The molecule has 4 heteroatoms. The van der Waals surface area contributed by atoms with Crippen molar-refractivity contribution in [3.05, 3.63) is 74.5 Å². The summed E-state index contributed by atoms with van der Waals surface area (Å²) < 4.78 is 2.89. The molecule has 0 aliphatic carbocycles. The lowest BCUT2D eigenvalue weighted by Crippen LogP contribution is -2.23. The van der Waals surface area contributed by atoms with E-state index < -0.39 is 0 Å². The highest BCUT2D eigenvalue weighted by atomic mass is 79.9. The Morgan fingerprint density at radius 1 is 1.12 bits per heavy atom. The summed E-state index contributed by atoms with van der Waals surface area (Å²) in [4.78, 5) is 14.6. The topological polar surface area (TPSA) is 25.2 Å². The summed E-state index contributed by atoms with van der Waals surface area (Å²) in [5, 5.41) is 1.13. The zero-order chi connectivity index (χ0) is 17.3. The maximum absolute atomic E-state index is 12.4. The number of para-hydroxylation sites is 1. The molecule has 3 aromatic rings. The summed E-state index contributed by atoms with van der Waals surface area (Å²) in [6, 6.07) is 16.2. The maximum atomic E-state index is 12.4. The van der Waals surface area contributed by atoms with Crippen molar-refractivity contribution < 1.29 is 0 Å². The zero-order valence-electron chi connectivity index (χ0n) is 14.2. The lowest BCUT2D eigenvalue weighted by atomic mass is 10.1. The fraction of sp³-hybridized carbons (Fsp3) is 0.250. The van der Waals surface area contributed by atoms with Gasteiger partial charge in [0, 0.05) is 36.1 Å². The Morgan fingerprint density at radius 2 is 1.88 bits per heavy atom. The van der Waals surface area contributed by atoms with E-state index in [1.54, 1.807) is 6.07 Å². The quantitative estimate of drug-likeness (QED) is 0.649. The molecule has 3 rings (SSSR count). The minimum absolute atomic E-state index is 0.0579. The van der Waals surface area contributed by atoms with Crippen LogP contribution < -0.4 is 10.5 Å². The highest BCUT2D eigenvalue weighted by Gasteiger charge is 2.11. The van der Waals surface area contributed by atoms with Gasteiger partial charge in [-0.25, -0.2) is 0 Å².